The van der Waals surface area contributed by atoms with Crippen LogP contribution in [0.5, 0.6) is 5.75 Å². The molecular formula is C20H30N4O3. The highest BCUT2D eigenvalue weighted by Gasteiger charge is 2.23. The Bertz CT molecular complexity index is 623. The zero-order chi connectivity index (χ0) is 18.9. The van der Waals surface area contributed by atoms with Crippen LogP contribution in [0.2, 0.25) is 0 Å². The smallest absolute Gasteiger partial charge is 0.258 e. The van der Waals surface area contributed by atoms with Crippen LogP contribution in [0.25, 0.3) is 0 Å². The summed E-state index contributed by atoms with van der Waals surface area (Å²) in [7, 11) is 1.77. The Hall–Kier alpha value is -2.28. The largest absolute Gasteiger partial charge is 0.484 e. The minimum absolute atomic E-state index is 0.0485. The van der Waals surface area contributed by atoms with Crippen LogP contribution in [0, 0.1) is 0 Å². The van der Waals surface area contributed by atoms with E-state index in [2.05, 4.69) is 20.9 Å². The van der Waals surface area contributed by atoms with Gasteiger partial charge in [0.2, 0.25) is 0 Å². The molecule has 148 valence electrons. The lowest BCUT2D eigenvalue weighted by molar-refractivity contribution is -0.123. The number of amides is 1. The van der Waals surface area contributed by atoms with Crippen LogP contribution in [0.1, 0.15) is 31.2 Å². The van der Waals surface area contributed by atoms with Crippen LogP contribution in [0.15, 0.2) is 29.3 Å². The van der Waals surface area contributed by atoms with Crippen molar-refractivity contribution in [3.05, 3.63) is 29.8 Å². The molecule has 1 saturated heterocycles. The third-order valence-corrected chi connectivity index (χ3v) is 4.69. The van der Waals surface area contributed by atoms with Crippen molar-refractivity contribution in [1.29, 1.82) is 0 Å². The lowest BCUT2D eigenvalue weighted by Gasteiger charge is -2.15. The monoisotopic (exact) mass is 374 g/mol. The van der Waals surface area contributed by atoms with Crippen molar-refractivity contribution in [1.82, 2.24) is 16.0 Å². The van der Waals surface area contributed by atoms with Gasteiger partial charge in [-0.1, -0.05) is 12.1 Å². The average molecular weight is 374 g/mol. The first kappa shape index (κ1) is 19.5. The highest BCUT2D eigenvalue weighted by Crippen LogP contribution is 2.18. The SMILES string of the molecule is CN=C(NCCc1ccc(OCC(=O)NC2CC2)cc1)NCC1CCCO1. The van der Waals surface area contributed by atoms with E-state index in [0.717, 1.165) is 57.8 Å². The summed E-state index contributed by atoms with van der Waals surface area (Å²) in [5, 5.41) is 9.54. The first-order valence-corrected chi connectivity index (χ1v) is 9.80. The highest BCUT2D eigenvalue weighted by molar-refractivity contribution is 5.79. The van der Waals surface area contributed by atoms with Gasteiger partial charge in [0.15, 0.2) is 12.6 Å². The Balaban J connectivity index is 1.31. The fourth-order valence-electron chi connectivity index (χ4n) is 2.96. The fraction of sp³-hybridized carbons (Fsp3) is 0.600. The van der Waals surface area contributed by atoms with E-state index >= 15 is 0 Å². The Kier molecular flexibility index (Phi) is 7.33. The summed E-state index contributed by atoms with van der Waals surface area (Å²) in [4.78, 5) is 15.9. The maximum absolute atomic E-state index is 11.6. The third kappa shape index (κ3) is 7.09. The molecule has 2 aliphatic rings. The van der Waals surface area contributed by atoms with E-state index in [-0.39, 0.29) is 12.5 Å². The number of nitrogens with one attached hydrogen (secondary N) is 3. The molecule has 1 aliphatic heterocycles. The molecule has 3 N–H and O–H groups in total. The van der Waals surface area contributed by atoms with Crippen molar-refractivity contribution in [2.75, 3.05) is 33.4 Å². The fourth-order valence-corrected chi connectivity index (χ4v) is 2.96. The molecule has 0 aromatic heterocycles. The number of aliphatic imine (C=N–C) groups is 1. The van der Waals surface area contributed by atoms with Gasteiger partial charge in [0, 0.05) is 32.8 Å². The second-order valence-electron chi connectivity index (χ2n) is 7.04. The van der Waals surface area contributed by atoms with Crippen LogP contribution in [0.4, 0.5) is 0 Å². The Morgan fingerprint density at radius 3 is 2.70 bits per heavy atom. The number of rotatable bonds is 9. The summed E-state index contributed by atoms with van der Waals surface area (Å²) in [5.74, 6) is 1.46. The lowest BCUT2D eigenvalue weighted by Crippen LogP contribution is -2.41. The molecule has 0 spiro atoms. The Morgan fingerprint density at radius 1 is 1.22 bits per heavy atom. The first-order valence-electron chi connectivity index (χ1n) is 9.80. The lowest BCUT2D eigenvalue weighted by atomic mass is 10.1. The van der Waals surface area contributed by atoms with Crippen LogP contribution in [-0.4, -0.2) is 57.4 Å². The molecule has 1 unspecified atom stereocenters. The van der Waals surface area contributed by atoms with Gasteiger partial charge in [0.05, 0.1) is 6.10 Å². The number of hydrogen-bond donors (Lipinski definition) is 3. The molecule has 0 bridgehead atoms. The molecule has 1 aromatic carbocycles. The number of guanidine groups is 1. The molecule has 1 heterocycles. The standard InChI is InChI=1S/C20H30N4O3/c1-21-20(23-13-18-3-2-12-26-18)22-11-10-15-4-8-17(9-5-15)27-14-19(25)24-16-6-7-16/h4-5,8-9,16,18H,2-3,6-7,10-14H2,1H3,(H,24,25)(H2,21,22,23). The zero-order valence-electron chi connectivity index (χ0n) is 16.0. The van der Waals surface area contributed by atoms with Gasteiger partial charge < -0.3 is 25.4 Å². The first-order chi connectivity index (χ1) is 13.2. The molecule has 3 rings (SSSR count). The summed E-state index contributed by atoms with van der Waals surface area (Å²) in [6.07, 6.45) is 5.60. The minimum Gasteiger partial charge on any atom is -0.484 e. The Morgan fingerprint density at radius 2 is 2.04 bits per heavy atom. The summed E-state index contributed by atoms with van der Waals surface area (Å²) < 4.78 is 11.1. The normalized spacial score (nSPS) is 19.6. The van der Waals surface area contributed by atoms with Gasteiger partial charge in [-0.15, -0.1) is 0 Å². The van der Waals surface area contributed by atoms with Gasteiger partial charge >= 0.3 is 0 Å². The van der Waals surface area contributed by atoms with E-state index in [1.54, 1.807) is 7.05 Å². The van der Waals surface area contributed by atoms with E-state index in [0.29, 0.717) is 17.9 Å². The molecule has 2 fully saturated rings. The maximum Gasteiger partial charge on any atom is 0.258 e. The van der Waals surface area contributed by atoms with E-state index in [1.807, 2.05) is 24.3 Å². The van der Waals surface area contributed by atoms with Crippen molar-refractivity contribution in [3.63, 3.8) is 0 Å². The molecule has 1 saturated carbocycles. The molecule has 7 heteroatoms. The number of benzene rings is 1. The van der Waals surface area contributed by atoms with E-state index in [1.165, 1.54) is 5.56 Å². The molecule has 1 aliphatic carbocycles. The van der Waals surface area contributed by atoms with Crippen molar-refractivity contribution < 1.29 is 14.3 Å². The van der Waals surface area contributed by atoms with Crippen LogP contribution in [-0.2, 0) is 16.0 Å². The zero-order valence-corrected chi connectivity index (χ0v) is 16.0. The molecule has 1 aromatic rings. The summed E-state index contributed by atoms with van der Waals surface area (Å²) in [6, 6.07) is 8.23. The van der Waals surface area contributed by atoms with Crippen LogP contribution < -0.4 is 20.7 Å². The van der Waals surface area contributed by atoms with Gasteiger partial charge in [0.1, 0.15) is 5.75 Å². The van der Waals surface area contributed by atoms with E-state index in [4.69, 9.17) is 9.47 Å². The van der Waals surface area contributed by atoms with Gasteiger partial charge in [0.25, 0.3) is 5.91 Å². The van der Waals surface area contributed by atoms with Gasteiger partial charge in [-0.3, -0.25) is 9.79 Å². The number of ether oxygens (including phenoxy) is 2. The topological polar surface area (TPSA) is 84.0 Å². The van der Waals surface area contributed by atoms with E-state index in [9.17, 15) is 4.79 Å². The highest BCUT2D eigenvalue weighted by atomic mass is 16.5. The van der Waals surface area contributed by atoms with Crippen molar-refractivity contribution >= 4 is 11.9 Å². The second kappa shape index (κ2) is 10.2. The molecular weight excluding hydrogens is 344 g/mol. The second-order valence-corrected chi connectivity index (χ2v) is 7.04. The van der Waals surface area contributed by atoms with Gasteiger partial charge in [-0.25, -0.2) is 0 Å². The predicted octanol–water partition coefficient (Wildman–Crippen LogP) is 1.23. The Labute approximate surface area is 160 Å². The van der Waals surface area contributed by atoms with Gasteiger partial charge in [-0.2, -0.15) is 0 Å². The van der Waals surface area contributed by atoms with E-state index < -0.39 is 0 Å². The van der Waals surface area contributed by atoms with Crippen LogP contribution >= 0.6 is 0 Å². The predicted molar refractivity (Wildman–Crippen MR) is 105 cm³/mol. The van der Waals surface area contributed by atoms with Crippen molar-refractivity contribution in [2.45, 2.75) is 44.2 Å². The summed E-state index contributed by atoms with van der Waals surface area (Å²) in [5.41, 5.74) is 1.20. The molecule has 1 atom stereocenters. The number of carbonyl (C=O) groups is 1. The molecule has 1 amide bonds. The number of nitrogens with zero attached hydrogens (tertiary/aromatic N) is 1. The maximum atomic E-state index is 11.6. The van der Waals surface area contributed by atoms with Crippen LogP contribution in [0.3, 0.4) is 0 Å². The van der Waals surface area contributed by atoms with Crippen molar-refractivity contribution in [3.8, 4) is 5.75 Å². The third-order valence-electron chi connectivity index (χ3n) is 4.69. The molecule has 7 nitrogen and oxygen atoms in total. The molecule has 0 radical (unpaired) electrons. The minimum atomic E-state index is -0.0485. The van der Waals surface area contributed by atoms with Crippen molar-refractivity contribution in [2.24, 2.45) is 4.99 Å². The number of carbonyl (C=O) groups excluding carboxylic acids is 1. The average Bonchev–Trinajstić information content (AvgIpc) is 3.34. The summed E-state index contributed by atoms with van der Waals surface area (Å²) >= 11 is 0. The quantitative estimate of drug-likeness (QED) is 0.447. The summed E-state index contributed by atoms with van der Waals surface area (Å²) in [6.45, 7) is 2.52. The number of hydrogen-bond acceptors (Lipinski definition) is 4. The van der Waals surface area contributed by atoms with Gasteiger partial charge in [-0.05, 0) is 49.8 Å². The molecule has 27 heavy (non-hydrogen) atoms.